The summed E-state index contributed by atoms with van der Waals surface area (Å²) in [7, 11) is 0. The van der Waals surface area contributed by atoms with Crippen molar-refractivity contribution in [3.63, 3.8) is 0 Å². The van der Waals surface area contributed by atoms with E-state index in [1.165, 1.54) is 5.56 Å². The van der Waals surface area contributed by atoms with E-state index in [-0.39, 0.29) is 12.1 Å². The lowest BCUT2D eigenvalue weighted by molar-refractivity contribution is 0.159. The largest absolute Gasteiger partial charge is 0.393 e. The van der Waals surface area contributed by atoms with Crippen LogP contribution in [0.4, 0.5) is 10.5 Å². The Hall–Kier alpha value is -2.53. The Balaban J connectivity index is 1.43. The van der Waals surface area contributed by atoms with Gasteiger partial charge in [-0.25, -0.2) is 4.79 Å². The lowest BCUT2D eigenvalue weighted by Crippen LogP contribution is -2.29. The molecular weight excluding hydrogens is 419 g/mol. The number of carbonyl (C=O) groups excluding carboxylic acids is 1. The Morgan fingerprint density at radius 2 is 1.90 bits per heavy atom. The molecule has 4 rings (SSSR count). The minimum Gasteiger partial charge on any atom is -0.393 e. The van der Waals surface area contributed by atoms with E-state index in [0.29, 0.717) is 23.0 Å². The minimum absolute atomic E-state index is 0.279. The standard InChI is InChI=1S/C24H22Cl2N2O2/c25-18-8-10-20(22(26)12-18)17-5-1-3-15(11-17)14-27-24(30)28-23-6-2-4-16-7-9-19(29)13-21(16)23/h1-6,8,10-12,19,29H,7,9,13-14H2,(H2,27,28,30). The van der Waals surface area contributed by atoms with Crippen molar-refractivity contribution in [3.8, 4) is 11.1 Å². The molecule has 1 unspecified atom stereocenters. The lowest BCUT2D eigenvalue weighted by atomic mass is 9.88. The van der Waals surface area contributed by atoms with Gasteiger partial charge in [0.05, 0.1) is 6.10 Å². The van der Waals surface area contributed by atoms with Crippen LogP contribution in [0.1, 0.15) is 23.1 Å². The summed E-state index contributed by atoms with van der Waals surface area (Å²) in [5, 5.41) is 17.0. The molecule has 3 aromatic carbocycles. The van der Waals surface area contributed by atoms with E-state index in [0.717, 1.165) is 40.8 Å². The van der Waals surface area contributed by atoms with Gasteiger partial charge in [-0.2, -0.15) is 0 Å². The maximum Gasteiger partial charge on any atom is 0.319 e. The molecule has 6 heteroatoms. The summed E-state index contributed by atoms with van der Waals surface area (Å²) >= 11 is 12.3. The van der Waals surface area contributed by atoms with E-state index in [9.17, 15) is 9.90 Å². The second kappa shape index (κ2) is 9.09. The van der Waals surface area contributed by atoms with Crippen molar-refractivity contribution in [1.82, 2.24) is 5.32 Å². The summed E-state index contributed by atoms with van der Waals surface area (Å²) in [5.74, 6) is 0. The van der Waals surface area contributed by atoms with Gasteiger partial charge in [-0.1, -0.05) is 59.6 Å². The minimum atomic E-state index is -0.356. The first-order valence-electron chi connectivity index (χ1n) is 9.87. The van der Waals surface area contributed by atoms with Gasteiger partial charge in [-0.15, -0.1) is 0 Å². The average molecular weight is 441 g/mol. The van der Waals surface area contributed by atoms with Gasteiger partial charge in [0.1, 0.15) is 0 Å². The Kier molecular flexibility index (Phi) is 6.28. The summed E-state index contributed by atoms with van der Waals surface area (Å²) in [6.45, 7) is 0.378. The molecule has 1 aliphatic carbocycles. The van der Waals surface area contributed by atoms with Gasteiger partial charge >= 0.3 is 6.03 Å². The van der Waals surface area contributed by atoms with Crippen LogP contribution in [0.15, 0.2) is 60.7 Å². The number of anilines is 1. The number of aliphatic hydroxyl groups is 1. The first-order valence-corrected chi connectivity index (χ1v) is 10.6. The highest BCUT2D eigenvalue weighted by molar-refractivity contribution is 6.36. The zero-order valence-corrected chi connectivity index (χ0v) is 17.8. The van der Waals surface area contributed by atoms with Crippen LogP contribution in [0.25, 0.3) is 11.1 Å². The summed E-state index contributed by atoms with van der Waals surface area (Å²) in [6.07, 6.45) is 1.80. The monoisotopic (exact) mass is 440 g/mol. The topological polar surface area (TPSA) is 61.4 Å². The summed E-state index contributed by atoms with van der Waals surface area (Å²) < 4.78 is 0. The van der Waals surface area contributed by atoms with Crippen molar-refractivity contribution in [2.45, 2.75) is 31.9 Å². The predicted octanol–water partition coefficient (Wildman–Crippen LogP) is 5.83. The number of amides is 2. The second-order valence-corrected chi connectivity index (χ2v) is 8.32. The van der Waals surface area contributed by atoms with Gasteiger partial charge in [0, 0.05) is 34.3 Å². The van der Waals surface area contributed by atoms with Crippen molar-refractivity contribution in [2.24, 2.45) is 0 Å². The molecule has 3 N–H and O–H groups in total. The number of benzene rings is 3. The summed E-state index contributed by atoms with van der Waals surface area (Å²) in [6, 6.07) is 18.8. The quantitative estimate of drug-likeness (QED) is 0.477. The van der Waals surface area contributed by atoms with Crippen molar-refractivity contribution in [2.75, 3.05) is 5.32 Å². The molecule has 3 aromatic rings. The van der Waals surface area contributed by atoms with Gasteiger partial charge in [-0.05, 0) is 59.4 Å². The third-order valence-corrected chi connectivity index (χ3v) is 5.88. The van der Waals surface area contributed by atoms with Crippen LogP contribution in [0.5, 0.6) is 0 Å². The van der Waals surface area contributed by atoms with Crippen LogP contribution in [0.3, 0.4) is 0 Å². The molecule has 0 radical (unpaired) electrons. The van der Waals surface area contributed by atoms with Crippen LogP contribution in [-0.4, -0.2) is 17.2 Å². The molecule has 1 aliphatic rings. The van der Waals surface area contributed by atoms with Gasteiger partial charge < -0.3 is 15.7 Å². The molecule has 30 heavy (non-hydrogen) atoms. The SMILES string of the molecule is O=C(NCc1cccc(-c2ccc(Cl)cc2Cl)c1)Nc1cccc2c1CC(O)CC2. The molecule has 0 saturated heterocycles. The third-order valence-electron chi connectivity index (χ3n) is 5.33. The fourth-order valence-electron chi connectivity index (χ4n) is 3.81. The number of hydrogen-bond acceptors (Lipinski definition) is 2. The number of aliphatic hydroxyl groups excluding tert-OH is 1. The molecule has 0 aliphatic heterocycles. The average Bonchev–Trinajstić information content (AvgIpc) is 2.73. The van der Waals surface area contributed by atoms with E-state index in [4.69, 9.17) is 23.2 Å². The van der Waals surface area contributed by atoms with Crippen molar-refractivity contribution in [1.29, 1.82) is 0 Å². The molecule has 0 bridgehead atoms. The molecule has 1 atom stereocenters. The molecule has 154 valence electrons. The van der Waals surface area contributed by atoms with Gasteiger partial charge in [0.25, 0.3) is 0 Å². The first kappa shape index (κ1) is 20.7. The van der Waals surface area contributed by atoms with Crippen molar-refractivity contribution >= 4 is 34.9 Å². The normalized spacial score (nSPS) is 15.4. The molecule has 0 aromatic heterocycles. The number of urea groups is 1. The Morgan fingerprint density at radius 3 is 2.73 bits per heavy atom. The molecule has 4 nitrogen and oxygen atoms in total. The Labute approximate surface area is 185 Å². The third kappa shape index (κ3) is 4.78. The Bertz CT molecular complexity index is 1080. The van der Waals surface area contributed by atoms with E-state index in [1.807, 2.05) is 42.5 Å². The number of nitrogens with one attached hydrogen (secondary N) is 2. The van der Waals surface area contributed by atoms with Crippen molar-refractivity contribution in [3.05, 3.63) is 87.4 Å². The van der Waals surface area contributed by atoms with Crippen LogP contribution >= 0.6 is 23.2 Å². The van der Waals surface area contributed by atoms with E-state index >= 15 is 0 Å². The number of fused-ring (bicyclic) bond motifs is 1. The molecular formula is C24H22Cl2N2O2. The zero-order valence-electron chi connectivity index (χ0n) is 16.3. The molecule has 0 spiro atoms. The maximum atomic E-state index is 12.5. The molecule has 0 fully saturated rings. The number of halogens is 2. The predicted molar refractivity (Wildman–Crippen MR) is 122 cm³/mol. The molecule has 0 saturated carbocycles. The summed E-state index contributed by atoms with van der Waals surface area (Å²) in [5.41, 5.74) is 5.77. The fraction of sp³-hybridized carbons (Fsp3) is 0.208. The highest BCUT2D eigenvalue weighted by atomic mass is 35.5. The summed E-state index contributed by atoms with van der Waals surface area (Å²) in [4.78, 5) is 12.5. The van der Waals surface area contributed by atoms with Gasteiger partial charge in [0.2, 0.25) is 0 Å². The number of rotatable bonds is 4. The smallest absolute Gasteiger partial charge is 0.319 e. The van der Waals surface area contributed by atoms with E-state index in [2.05, 4.69) is 16.7 Å². The Morgan fingerprint density at radius 1 is 1.07 bits per heavy atom. The van der Waals surface area contributed by atoms with Gasteiger partial charge in [0.15, 0.2) is 0 Å². The number of hydrogen-bond donors (Lipinski definition) is 3. The highest BCUT2D eigenvalue weighted by Gasteiger charge is 2.19. The fourth-order valence-corrected chi connectivity index (χ4v) is 4.33. The van der Waals surface area contributed by atoms with Crippen LogP contribution in [0.2, 0.25) is 10.0 Å². The van der Waals surface area contributed by atoms with Crippen molar-refractivity contribution < 1.29 is 9.90 Å². The van der Waals surface area contributed by atoms with E-state index in [1.54, 1.807) is 12.1 Å². The second-order valence-electron chi connectivity index (χ2n) is 7.47. The first-order chi connectivity index (χ1) is 14.5. The van der Waals surface area contributed by atoms with Gasteiger partial charge in [-0.3, -0.25) is 0 Å². The maximum absolute atomic E-state index is 12.5. The van der Waals surface area contributed by atoms with Crippen LogP contribution in [-0.2, 0) is 19.4 Å². The number of carbonyl (C=O) groups is 1. The van der Waals surface area contributed by atoms with Crippen LogP contribution in [0, 0.1) is 0 Å². The molecule has 2 amide bonds. The van der Waals surface area contributed by atoms with Crippen LogP contribution < -0.4 is 10.6 Å². The molecule has 0 heterocycles. The zero-order chi connectivity index (χ0) is 21.1. The number of aryl methyl sites for hydroxylation is 1. The highest BCUT2D eigenvalue weighted by Crippen LogP contribution is 2.31. The lowest BCUT2D eigenvalue weighted by Gasteiger charge is -2.23. The van der Waals surface area contributed by atoms with E-state index < -0.39 is 0 Å².